The Morgan fingerprint density at radius 1 is 0.931 bits per heavy atom. The summed E-state index contributed by atoms with van der Waals surface area (Å²) in [6.45, 7) is 0.512. The molecular weight excluding hydrogens is 406 g/mol. The van der Waals surface area contributed by atoms with Gasteiger partial charge < -0.3 is 14.2 Å². The Bertz CT molecular complexity index is 859. The summed E-state index contributed by atoms with van der Waals surface area (Å²) in [5, 5.41) is 0. The molecule has 0 bridgehead atoms. The van der Waals surface area contributed by atoms with Gasteiger partial charge in [-0.05, 0) is 24.5 Å². The second-order valence-corrected chi connectivity index (χ2v) is 7.62. The Hall–Kier alpha value is -2.07. The molecule has 0 unspecified atom stereocenters. The van der Waals surface area contributed by atoms with E-state index in [1.165, 1.54) is 7.11 Å². The Labute approximate surface area is 169 Å². The van der Waals surface area contributed by atoms with Gasteiger partial charge >= 0.3 is 10.1 Å². The molecule has 0 amide bonds. The maximum atomic E-state index is 14.1. The van der Waals surface area contributed by atoms with Crippen LogP contribution < -0.4 is 4.74 Å². The van der Waals surface area contributed by atoms with Gasteiger partial charge in [-0.2, -0.15) is 8.42 Å². The SMILES string of the molecule is COCCOCCOc1c(F)cc(F)cc1S(=O)(=O)OCCCc1ccccc1. The predicted molar refractivity (Wildman–Crippen MR) is 102 cm³/mol. The maximum absolute atomic E-state index is 14.1. The van der Waals surface area contributed by atoms with Crippen molar-refractivity contribution in [2.75, 3.05) is 40.1 Å². The summed E-state index contributed by atoms with van der Waals surface area (Å²) in [4.78, 5) is -0.688. The molecule has 160 valence electrons. The number of hydrogen-bond donors (Lipinski definition) is 0. The van der Waals surface area contributed by atoms with Gasteiger partial charge in [-0.1, -0.05) is 30.3 Å². The highest BCUT2D eigenvalue weighted by atomic mass is 32.2. The van der Waals surface area contributed by atoms with E-state index in [0.717, 1.165) is 5.56 Å². The number of aryl methyl sites for hydroxylation is 1. The van der Waals surface area contributed by atoms with Crippen LogP contribution in [0.15, 0.2) is 47.4 Å². The van der Waals surface area contributed by atoms with E-state index >= 15 is 0 Å². The average Bonchev–Trinajstić information content (AvgIpc) is 2.69. The molecule has 0 atom stereocenters. The fourth-order valence-corrected chi connectivity index (χ4v) is 3.57. The molecule has 0 N–H and O–H groups in total. The summed E-state index contributed by atoms with van der Waals surface area (Å²) >= 11 is 0. The number of ether oxygens (including phenoxy) is 3. The zero-order valence-electron chi connectivity index (χ0n) is 16.1. The van der Waals surface area contributed by atoms with Crippen LogP contribution in [0, 0.1) is 11.6 Å². The first kappa shape index (κ1) is 23.2. The summed E-state index contributed by atoms with van der Waals surface area (Å²) in [5.74, 6) is -2.77. The Morgan fingerprint density at radius 2 is 1.66 bits per heavy atom. The van der Waals surface area contributed by atoms with Gasteiger partial charge in [0.1, 0.15) is 17.3 Å². The maximum Gasteiger partial charge on any atom is 0.300 e. The molecule has 0 heterocycles. The molecule has 2 aromatic carbocycles. The van der Waals surface area contributed by atoms with Crippen LogP contribution in [-0.2, 0) is 30.2 Å². The van der Waals surface area contributed by atoms with E-state index in [4.69, 9.17) is 18.4 Å². The molecule has 0 aromatic heterocycles. The van der Waals surface area contributed by atoms with Crippen LogP contribution in [0.3, 0.4) is 0 Å². The molecule has 0 aliphatic heterocycles. The minimum absolute atomic E-state index is 0.0809. The zero-order chi connectivity index (χ0) is 21.1. The molecule has 9 heteroatoms. The number of benzene rings is 2. The highest BCUT2D eigenvalue weighted by Crippen LogP contribution is 2.30. The van der Waals surface area contributed by atoms with E-state index in [1.807, 2.05) is 30.3 Å². The molecule has 0 fully saturated rings. The molecule has 2 rings (SSSR count). The summed E-state index contributed by atoms with van der Waals surface area (Å²) < 4.78 is 72.8. The summed E-state index contributed by atoms with van der Waals surface area (Å²) in [6, 6.07) is 10.7. The lowest BCUT2D eigenvalue weighted by atomic mass is 10.1. The van der Waals surface area contributed by atoms with Gasteiger partial charge in [-0.3, -0.25) is 4.18 Å². The third-order valence-corrected chi connectivity index (χ3v) is 5.16. The molecule has 0 saturated heterocycles. The third kappa shape index (κ3) is 7.69. The molecule has 0 aliphatic rings. The van der Waals surface area contributed by atoms with Crippen molar-refractivity contribution in [2.24, 2.45) is 0 Å². The fraction of sp³-hybridized carbons (Fsp3) is 0.400. The summed E-state index contributed by atoms with van der Waals surface area (Å²) in [5.41, 5.74) is 1.03. The van der Waals surface area contributed by atoms with Crippen molar-refractivity contribution < 1.29 is 35.6 Å². The lowest BCUT2D eigenvalue weighted by molar-refractivity contribution is 0.0532. The zero-order valence-corrected chi connectivity index (χ0v) is 16.9. The van der Waals surface area contributed by atoms with Crippen molar-refractivity contribution in [3.8, 4) is 5.75 Å². The molecule has 0 aliphatic carbocycles. The second kappa shape index (κ2) is 11.8. The number of methoxy groups -OCH3 is 1. The van der Waals surface area contributed by atoms with Gasteiger partial charge in [0.15, 0.2) is 11.6 Å². The van der Waals surface area contributed by atoms with Crippen LogP contribution in [0.25, 0.3) is 0 Å². The summed E-state index contributed by atoms with van der Waals surface area (Å²) in [6.07, 6.45) is 1.03. The van der Waals surface area contributed by atoms with Gasteiger partial charge in [0, 0.05) is 13.2 Å². The Balaban J connectivity index is 1.98. The lowest BCUT2D eigenvalue weighted by Crippen LogP contribution is -2.15. The topological polar surface area (TPSA) is 71.1 Å². The molecule has 0 spiro atoms. The highest BCUT2D eigenvalue weighted by molar-refractivity contribution is 7.86. The molecule has 6 nitrogen and oxygen atoms in total. The minimum Gasteiger partial charge on any atom is -0.487 e. The van der Waals surface area contributed by atoms with E-state index in [1.54, 1.807) is 0 Å². The number of rotatable bonds is 13. The molecule has 0 radical (unpaired) electrons. The monoisotopic (exact) mass is 430 g/mol. The standard InChI is InChI=1S/C20H24F2O6S/c1-25-10-11-26-12-13-27-20-18(22)14-17(21)15-19(20)29(23,24)28-9-5-8-16-6-3-2-4-7-16/h2-4,6-7,14-15H,5,8-13H2,1H3. The smallest absolute Gasteiger partial charge is 0.300 e. The van der Waals surface area contributed by atoms with Crippen LogP contribution >= 0.6 is 0 Å². The van der Waals surface area contributed by atoms with E-state index in [-0.39, 0.29) is 19.8 Å². The van der Waals surface area contributed by atoms with Gasteiger partial charge in [0.05, 0.1) is 26.4 Å². The van der Waals surface area contributed by atoms with Crippen LogP contribution in [0.5, 0.6) is 5.75 Å². The van der Waals surface area contributed by atoms with E-state index in [2.05, 4.69) is 0 Å². The average molecular weight is 430 g/mol. The highest BCUT2D eigenvalue weighted by Gasteiger charge is 2.25. The van der Waals surface area contributed by atoms with Crippen molar-refractivity contribution in [1.82, 2.24) is 0 Å². The molecular formula is C20H24F2O6S. The first-order valence-corrected chi connectivity index (χ1v) is 10.5. The van der Waals surface area contributed by atoms with E-state index in [0.29, 0.717) is 38.2 Å². The van der Waals surface area contributed by atoms with Gasteiger partial charge in [-0.25, -0.2) is 8.78 Å². The fourth-order valence-electron chi connectivity index (χ4n) is 2.46. The van der Waals surface area contributed by atoms with Gasteiger partial charge in [-0.15, -0.1) is 0 Å². The Morgan fingerprint density at radius 3 is 2.38 bits per heavy atom. The normalized spacial score (nSPS) is 11.6. The van der Waals surface area contributed by atoms with Crippen molar-refractivity contribution in [1.29, 1.82) is 0 Å². The van der Waals surface area contributed by atoms with Crippen LogP contribution in [-0.4, -0.2) is 48.6 Å². The first-order chi connectivity index (χ1) is 13.9. The number of hydrogen-bond acceptors (Lipinski definition) is 6. The predicted octanol–water partition coefficient (Wildman–Crippen LogP) is 3.34. The molecule has 2 aromatic rings. The molecule has 29 heavy (non-hydrogen) atoms. The van der Waals surface area contributed by atoms with Gasteiger partial charge in [0.2, 0.25) is 0 Å². The Kier molecular flexibility index (Phi) is 9.46. The largest absolute Gasteiger partial charge is 0.487 e. The van der Waals surface area contributed by atoms with Gasteiger partial charge in [0.25, 0.3) is 0 Å². The molecule has 0 saturated carbocycles. The van der Waals surface area contributed by atoms with E-state index < -0.39 is 32.4 Å². The van der Waals surface area contributed by atoms with Crippen molar-refractivity contribution in [3.05, 3.63) is 59.7 Å². The van der Waals surface area contributed by atoms with Crippen molar-refractivity contribution in [2.45, 2.75) is 17.7 Å². The van der Waals surface area contributed by atoms with E-state index in [9.17, 15) is 17.2 Å². The second-order valence-electron chi connectivity index (χ2n) is 6.03. The van der Waals surface area contributed by atoms with Crippen LogP contribution in [0.4, 0.5) is 8.78 Å². The first-order valence-electron chi connectivity index (χ1n) is 9.06. The van der Waals surface area contributed by atoms with Crippen molar-refractivity contribution >= 4 is 10.1 Å². The summed E-state index contributed by atoms with van der Waals surface area (Å²) in [7, 11) is -2.89. The van der Waals surface area contributed by atoms with Crippen LogP contribution in [0.1, 0.15) is 12.0 Å². The third-order valence-electron chi connectivity index (χ3n) is 3.84. The minimum atomic E-state index is -4.41. The van der Waals surface area contributed by atoms with Crippen LogP contribution in [0.2, 0.25) is 0 Å². The number of halogens is 2. The lowest BCUT2D eigenvalue weighted by Gasteiger charge is -2.13. The quantitative estimate of drug-likeness (QED) is 0.359. The van der Waals surface area contributed by atoms with Crippen molar-refractivity contribution in [3.63, 3.8) is 0 Å².